The molecule has 0 amide bonds. The average molecular weight is 362 g/mol. The van der Waals surface area contributed by atoms with E-state index in [1.54, 1.807) is 11.6 Å². The van der Waals surface area contributed by atoms with Crippen molar-refractivity contribution in [2.45, 2.75) is 27.0 Å². The van der Waals surface area contributed by atoms with Gasteiger partial charge < -0.3 is 4.74 Å². The molecule has 0 fully saturated rings. The summed E-state index contributed by atoms with van der Waals surface area (Å²) < 4.78 is 6.93. The normalized spacial score (nSPS) is 10.8. The third kappa shape index (κ3) is 3.66. The lowest BCUT2D eigenvalue weighted by atomic mass is 10.2. The van der Waals surface area contributed by atoms with Gasteiger partial charge >= 0.3 is 5.97 Å². The number of esters is 1. The van der Waals surface area contributed by atoms with Crippen molar-refractivity contribution in [3.05, 3.63) is 68.4 Å². The van der Waals surface area contributed by atoms with Gasteiger partial charge in [0.2, 0.25) is 0 Å². The van der Waals surface area contributed by atoms with Gasteiger partial charge in [-0.15, -0.1) is 11.3 Å². The summed E-state index contributed by atoms with van der Waals surface area (Å²) in [7, 11) is 0. The highest BCUT2D eigenvalue weighted by Gasteiger charge is 2.22. The maximum absolute atomic E-state index is 12.3. The fourth-order valence-corrected chi connectivity index (χ4v) is 3.24. The van der Waals surface area contributed by atoms with E-state index < -0.39 is 5.97 Å². The molecule has 124 valence electrons. The molecular formula is C17H16ClN3O2S. The summed E-state index contributed by atoms with van der Waals surface area (Å²) in [6.07, 6.45) is 0. The zero-order chi connectivity index (χ0) is 17.1. The lowest BCUT2D eigenvalue weighted by molar-refractivity contribution is 0.0467. The highest BCUT2D eigenvalue weighted by Crippen LogP contribution is 2.22. The number of ether oxygens (including phenoxy) is 1. The van der Waals surface area contributed by atoms with Gasteiger partial charge in [-0.3, -0.25) is 0 Å². The summed E-state index contributed by atoms with van der Waals surface area (Å²) in [6.45, 7) is 4.28. The van der Waals surface area contributed by atoms with Crippen molar-refractivity contribution in [1.82, 2.24) is 14.8 Å². The van der Waals surface area contributed by atoms with Crippen molar-refractivity contribution in [1.29, 1.82) is 0 Å². The molecule has 0 spiro atoms. The van der Waals surface area contributed by atoms with Crippen molar-refractivity contribution in [2.75, 3.05) is 0 Å². The molecule has 0 atom stereocenters. The van der Waals surface area contributed by atoms with Crippen molar-refractivity contribution in [3.63, 3.8) is 0 Å². The molecule has 24 heavy (non-hydrogen) atoms. The van der Waals surface area contributed by atoms with E-state index >= 15 is 0 Å². The number of hydrogen-bond acceptors (Lipinski definition) is 5. The first-order chi connectivity index (χ1) is 11.5. The van der Waals surface area contributed by atoms with E-state index in [0.29, 0.717) is 17.8 Å². The summed E-state index contributed by atoms with van der Waals surface area (Å²) in [5, 5.41) is 7.45. The monoisotopic (exact) mass is 361 g/mol. The van der Waals surface area contributed by atoms with Crippen molar-refractivity contribution >= 4 is 28.9 Å². The molecule has 2 heterocycles. The Hall–Kier alpha value is -2.18. The van der Waals surface area contributed by atoms with Gasteiger partial charge in [-0.1, -0.05) is 41.9 Å². The van der Waals surface area contributed by atoms with E-state index in [-0.39, 0.29) is 11.8 Å². The molecule has 5 nitrogen and oxygen atoms in total. The molecule has 2 aromatic heterocycles. The Labute approximate surface area is 148 Å². The molecule has 3 rings (SSSR count). The Bertz CT molecular complexity index is 858. The van der Waals surface area contributed by atoms with Gasteiger partial charge in [0, 0.05) is 5.38 Å². The molecule has 0 aliphatic rings. The number of hydrogen-bond donors (Lipinski definition) is 0. The number of halogens is 1. The van der Waals surface area contributed by atoms with Crippen LogP contribution in [0.25, 0.3) is 0 Å². The minimum atomic E-state index is -0.484. The lowest BCUT2D eigenvalue weighted by Gasteiger charge is -2.04. The predicted octanol–water partition coefficient (Wildman–Crippen LogP) is 4.02. The van der Waals surface area contributed by atoms with Crippen LogP contribution < -0.4 is 0 Å². The SMILES string of the molecule is Cc1nc(COC(=O)c2c(C)nn(Cc3ccccc3)c2Cl)cs1. The Kier molecular flexibility index (Phi) is 4.97. The third-order valence-corrected chi connectivity index (χ3v) is 4.67. The van der Waals surface area contributed by atoms with Crippen LogP contribution in [0.3, 0.4) is 0 Å². The van der Waals surface area contributed by atoms with Crippen molar-refractivity contribution in [2.24, 2.45) is 0 Å². The first kappa shape index (κ1) is 16.7. The van der Waals surface area contributed by atoms with E-state index in [1.807, 2.05) is 42.6 Å². The second-order valence-electron chi connectivity index (χ2n) is 5.33. The predicted molar refractivity (Wildman–Crippen MR) is 93.5 cm³/mol. The topological polar surface area (TPSA) is 57.0 Å². The van der Waals surface area contributed by atoms with Gasteiger partial charge in [-0.2, -0.15) is 5.10 Å². The van der Waals surface area contributed by atoms with Crippen LogP contribution in [0.2, 0.25) is 5.15 Å². The van der Waals surface area contributed by atoms with Crippen LogP contribution in [0, 0.1) is 13.8 Å². The first-order valence-corrected chi connectivity index (χ1v) is 8.65. The number of nitrogens with zero attached hydrogens (tertiary/aromatic N) is 3. The zero-order valence-corrected chi connectivity index (χ0v) is 14.9. The van der Waals surface area contributed by atoms with E-state index in [4.69, 9.17) is 16.3 Å². The largest absolute Gasteiger partial charge is 0.455 e. The summed E-state index contributed by atoms with van der Waals surface area (Å²) in [5.41, 5.74) is 2.64. The molecule has 0 bridgehead atoms. The van der Waals surface area contributed by atoms with Gasteiger partial charge in [0.25, 0.3) is 0 Å². The molecule has 7 heteroatoms. The Morgan fingerprint density at radius 3 is 2.71 bits per heavy atom. The summed E-state index contributed by atoms with van der Waals surface area (Å²) in [4.78, 5) is 16.6. The van der Waals surface area contributed by atoms with E-state index in [0.717, 1.165) is 16.3 Å². The number of thiazole rings is 1. The molecule has 0 aliphatic carbocycles. The first-order valence-electron chi connectivity index (χ1n) is 7.39. The van der Waals surface area contributed by atoms with Crippen LogP contribution in [0.1, 0.15) is 32.3 Å². The summed E-state index contributed by atoms with van der Waals surface area (Å²) in [5.74, 6) is -0.484. The van der Waals surface area contributed by atoms with Gasteiger partial charge in [0.15, 0.2) is 0 Å². The Balaban J connectivity index is 1.74. The number of aromatic nitrogens is 3. The Morgan fingerprint density at radius 2 is 2.04 bits per heavy atom. The number of aryl methyl sites for hydroxylation is 2. The van der Waals surface area contributed by atoms with E-state index in [2.05, 4.69) is 10.1 Å². The quantitative estimate of drug-likeness (QED) is 0.644. The molecule has 3 aromatic rings. The lowest BCUT2D eigenvalue weighted by Crippen LogP contribution is -2.07. The number of rotatable bonds is 5. The van der Waals surface area contributed by atoms with Gasteiger partial charge in [0.05, 0.1) is 22.9 Å². The molecule has 0 saturated carbocycles. The minimum absolute atomic E-state index is 0.128. The molecule has 0 aliphatic heterocycles. The fraction of sp³-hybridized carbons (Fsp3) is 0.235. The van der Waals surface area contributed by atoms with Crippen LogP contribution in [0.4, 0.5) is 0 Å². The zero-order valence-electron chi connectivity index (χ0n) is 13.3. The molecule has 0 N–H and O–H groups in total. The minimum Gasteiger partial charge on any atom is -0.455 e. The summed E-state index contributed by atoms with van der Waals surface area (Å²) in [6, 6.07) is 9.81. The number of carbonyl (C=O) groups excluding carboxylic acids is 1. The van der Waals surface area contributed by atoms with Crippen LogP contribution in [-0.2, 0) is 17.9 Å². The third-order valence-electron chi connectivity index (χ3n) is 3.46. The van der Waals surface area contributed by atoms with Crippen LogP contribution >= 0.6 is 22.9 Å². The second kappa shape index (κ2) is 7.15. The molecule has 0 unspecified atom stereocenters. The van der Waals surface area contributed by atoms with E-state index in [1.165, 1.54) is 11.3 Å². The average Bonchev–Trinajstić information content (AvgIpc) is 3.10. The summed E-state index contributed by atoms with van der Waals surface area (Å²) >= 11 is 7.86. The molecular weight excluding hydrogens is 346 g/mol. The van der Waals surface area contributed by atoms with Crippen LogP contribution in [0.15, 0.2) is 35.7 Å². The molecule has 0 saturated heterocycles. The van der Waals surface area contributed by atoms with Crippen LogP contribution in [-0.4, -0.2) is 20.7 Å². The Morgan fingerprint density at radius 1 is 1.29 bits per heavy atom. The maximum Gasteiger partial charge on any atom is 0.343 e. The standard InChI is InChI=1S/C17H16ClN3O2S/c1-11-15(17(22)23-9-14-10-24-12(2)19-14)16(18)21(20-11)8-13-6-4-3-5-7-13/h3-7,10H,8-9H2,1-2H3. The fourth-order valence-electron chi connectivity index (χ4n) is 2.33. The maximum atomic E-state index is 12.3. The number of benzene rings is 1. The van der Waals surface area contributed by atoms with Crippen molar-refractivity contribution in [3.8, 4) is 0 Å². The van der Waals surface area contributed by atoms with Crippen LogP contribution in [0.5, 0.6) is 0 Å². The smallest absolute Gasteiger partial charge is 0.343 e. The highest BCUT2D eigenvalue weighted by molar-refractivity contribution is 7.09. The van der Waals surface area contributed by atoms with Crippen molar-refractivity contribution < 1.29 is 9.53 Å². The second-order valence-corrected chi connectivity index (χ2v) is 6.75. The van der Waals surface area contributed by atoms with E-state index in [9.17, 15) is 4.79 Å². The van der Waals surface area contributed by atoms with Gasteiger partial charge in [-0.25, -0.2) is 14.5 Å². The molecule has 1 aromatic carbocycles. The number of carbonyl (C=O) groups is 1. The highest BCUT2D eigenvalue weighted by atomic mass is 35.5. The molecule has 0 radical (unpaired) electrons. The van der Waals surface area contributed by atoms with Gasteiger partial charge in [0.1, 0.15) is 17.3 Å². The van der Waals surface area contributed by atoms with Gasteiger partial charge in [-0.05, 0) is 19.4 Å².